The maximum Gasteiger partial charge on any atom is 0.265 e. The van der Waals surface area contributed by atoms with Gasteiger partial charge in [-0.25, -0.2) is 4.98 Å². The molecular formula is C11H16N2O2S. The lowest BCUT2D eigenvalue weighted by molar-refractivity contribution is 0.0477. The van der Waals surface area contributed by atoms with Crippen LogP contribution in [0.15, 0.2) is 0 Å². The summed E-state index contributed by atoms with van der Waals surface area (Å²) in [5.41, 5.74) is 0.799. The third kappa shape index (κ3) is 2.25. The first-order valence-corrected chi connectivity index (χ1v) is 6.31. The lowest BCUT2D eigenvalue weighted by Crippen LogP contribution is -2.42. The number of carbonyl (C=O) groups excluding carboxylic acids is 1. The Morgan fingerprint density at radius 2 is 2.31 bits per heavy atom. The molecule has 1 aromatic heterocycles. The highest BCUT2D eigenvalue weighted by atomic mass is 32.1. The molecule has 1 atom stereocenters. The van der Waals surface area contributed by atoms with E-state index in [-0.39, 0.29) is 12.0 Å². The average Bonchev–Trinajstić information content (AvgIpc) is 2.57. The van der Waals surface area contributed by atoms with E-state index < -0.39 is 0 Å². The Morgan fingerprint density at radius 1 is 1.56 bits per heavy atom. The van der Waals surface area contributed by atoms with E-state index in [1.807, 2.05) is 13.8 Å². The molecule has 1 fully saturated rings. The summed E-state index contributed by atoms with van der Waals surface area (Å²) in [5, 5.41) is 10.5. The summed E-state index contributed by atoms with van der Waals surface area (Å²) < 4.78 is 0. The zero-order valence-electron chi connectivity index (χ0n) is 9.56. The largest absolute Gasteiger partial charge is 0.391 e. The Balaban J connectivity index is 2.15. The zero-order chi connectivity index (χ0) is 11.7. The molecule has 1 N–H and O–H groups in total. The predicted octanol–water partition coefficient (Wildman–Crippen LogP) is 1.36. The van der Waals surface area contributed by atoms with Gasteiger partial charge < -0.3 is 10.0 Å². The van der Waals surface area contributed by atoms with Crippen LogP contribution in [0.3, 0.4) is 0 Å². The van der Waals surface area contributed by atoms with Crippen molar-refractivity contribution in [3.05, 3.63) is 15.6 Å². The molecule has 88 valence electrons. The van der Waals surface area contributed by atoms with Crippen LogP contribution in [0.5, 0.6) is 0 Å². The summed E-state index contributed by atoms with van der Waals surface area (Å²) in [4.78, 5) is 18.9. The van der Waals surface area contributed by atoms with Crippen molar-refractivity contribution in [2.75, 3.05) is 13.1 Å². The van der Waals surface area contributed by atoms with Gasteiger partial charge in [-0.05, 0) is 26.7 Å². The van der Waals surface area contributed by atoms with Gasteiger partial charge in [0.15, 0.2) is 0 Å². The second-order valence-corrected chi connectivity index (χ2v) is 5.40. The predicted molar refractivity (Wildman–Crippen MR) is 62.7 cm³/mol. The summed E-state index contributed by atoms with van der Waals surface area (Å²) in [5.74, 6) is 0.0156. The van der Waals surface area contributed by atoms with E-state index in [0.29, 0.717) is 11.4 Å². The number of piperidine rings is 1. The van der Waals surface area contributed by atoms with Crippen molar-refractivity contribution in [2.45, 2.75) is 32.8 Å². The number of β-amino-alcohol motifs (C(OH)–C–C–N with tert-alkyl or cyclic N) is 1. The molecule has 1 saturated heterocycles. The fourth-order valence-electron chi connectivity index (χ4n) is 2.01. The maximum absolute atomic E-state index is 12.2. The van der Waals surface area contributed by atoms with E-state index in [0.717, 1.165) is 30.1 Å². The van der Waals surface area contributed by atoms with Gasteiger partial charge in [0.2, 0.25) is 0 Å². The van der Waals surface area contributed by atoms with E-state index in [1.165, 1.54) is 11.3 Å². The first kappa shape index (κ1) is 11.5. The number of thiazole rings is 1. The molecule has 4 nitrogen and oxygen atoms in total. The van der Waals surface area contributed by atoms with Gasteiger partial charge >= 0.3 is 0 Å². The van der Waals surface area contributed by atoms with Crippen molar-refractivity contribution >= 4 is 17.2 Å². The smallest absolute Gasteiger partial charge is 0.265 e. The fraction of sp³-hybridized carbons (Fsp3) is 0.636. The van der Waals surface area contributed by atoms with Gasteiger partial charge in [0.25, 0.3) is 5.91 Å². The maximum atomic E-state index is 12.2. The summed E-state index contributed by atoms with van der Waals surface area (Å²) in [6, 6.07) is 0. The van der Waals surface area contributed by atoms with E-state index >= 15 is 0 Å². The minimum atomic E-state index is -0.368. The Morgan fingerprint density at radius 3 is 2.88 bits per heavy atom. The first-order valence-electron chi connectivity index (χ1n) is 5.49. The minimum Gasteiger partial charge on any atom is -0.391 e. The van der Waals surface area contributed by atoms with Crippen molar-refractivity contribution in [1.29, 1.82) is 0 Å². The molecule has 1 amide bonds. The Kier molecular flexibility index (Phi) is 3.25. The zero-order valence-corrected chi connectivity index (χ0v) is 10.4. The molecule has 5 heteroatoms. The highest BCUT2D eigenvalue weighted by Gasteiger charge is 2.25. The number of aliphatic hydroxyl groups is 1. The van der Waals surface area contributed by atoms with E-state index in [1.54, 1.807) is 4.90 Å². The molecular weight excluding hydrogens is 224 g/mol. The second-order valence-electron chi connectivity index (χ2n) is 4.19. The van der Waals surface area contributed by atoms with Crippen LogP contribution in [-0.4, -0.2) is 40.1 Å². The quantitative estimate of drug-likeness (QED) is 0.806. The van der Waals surface area contributed by atoms with Gasteiger partial charge in [-0.2, -0.15) is 0 Å². The number of hydrogen-bond acceptors (Lipinski definition) is 4. The number of aromatic nitrogens is 1. The van der Waals surface area contributed by atoms with Crippen LogP contribution in [0.4, 0.5) is 0 Å². The lowest BCUT2D eigenvalue weighted by atomic mass is 10.1. The minimum absolute atomic E-state index is 0.0156. The molecule has 2 heterocycles. The molecule has 0 aromatic carbocycles. The summed E-state index contributed by atoms with van der Waals surface area (Å²) in [6.07, 6.45) is 1.31. The monoisotopic (exact) mass is 240 g/mol. The van der Waals surface area contributed by atoms with Gasteiger partial charge in [0, 0.05) is 13.1 Å². The van der Waals surface area contributed by atoms with Crippen LogP contribution in [0, 0.1) is 13.8 Å². The van der Waals surface area contributed by atoms with Crippen LogP contribution < -0.4 is 0 Å². The molecule has 1 aromatic rings. The van der Waals surface area contributed by atoms with Gasteiger partial charge in [0.1, 0.15) is 4.88 Å². The van der Waals surface area contributed by atoms with E-state index in [2.05, 4.69) is 4.98 Å². The highest BCUT2D eigenvalue weighted by Crippen LogP contribution is 2.21. The Hall–Kier alpha value is -0.940. The summed E-state index contributed by atoms with van der Waals surface area (Å²) in [7, 11) is 0. The van der Waals surface area contributed by atoms with Gasteiger partial charge in [-0.3, -0.25) is 4.79 Å². The third-order valence-corrected chi connectivity index (χ3v) is 3.84. The Bertz CT molecular complexity index is 403. The lowest BCUT2D eigenvalue weighted by Gasteiger charge is -2.29. The van der Waals surface area contributed by atoms with Crippen molar-refractivity contribution in [1.82, 2.24) is 9.88 Å². The molecule has 16 heavy (non-hydrogen) atoms. The van der Waals surface area contributed by atoms with Crippen molar-refractivity contribution in [3.63, 3.8) is 0 Å². The van der Waals surface area contributed by atoms with E-state index in [9.17, 15) is 9.90 Å². The van der Waals surface area contributed by atoms with Gasteiger partial charge in [-0.1, -0.05) is 0 Å². The normalized spacial score (nSPS) is 21.2. The van der Waals surface area contributed by atoms with Crippen LogP contribution in [0.25, 0.3) is 0 Å². The van der Waals surface area contributed by atoms with Crippen LogP contribution in [0.1, 0.15) is 33.2 Å². The number of carbonyl (C=O) groups is 1. The van der Waals surface area contributed by atoms with Gasteiger partial charge in [-0.15, -0.1) is 11.3 Å². The van der Waals surface area contributed by atoms with Crippen LogP contribution in [0.2, 0.25) is 0 Å². The topological polar surface area (TPSA) is 53.4 Å². The number of aryl methyl sites for hydroxylation is 2. The van der Waals surface area contributed by atoms with Crippen LogP contribution in [-0.2, 0) is 0 Å². The first-order chi connectivity index (χ1) is 7.58. The van der Waals surface area contributed by atoms with Crippen LogP contribution >= 0.6 is 11.3 Å². The number of hydrogen-bond donors (Lipinski definition) is 1. The molecule has 1 aliphatic rings. The standard InChI is InChI=1S/C11H16N2O2S/c1-7-10(16-8(2)12-7)11(15)13-5-3-4-9(14)6-13/h9,14H,3-6H2,1-2H3/t9-/m0/s1. The van der Waals surface area contributed by atoms with Gasteiger partial charge in [0.05, 0.1) is 16.8 Å². The number of rotatable bonds is 1. The molecule has 0 aliphatic carbocycles. The molecule has 1 aliphatic heterocycles. The fourth-order valence-corrected chi connectivity index (χ4v) is 2.90. The van der Waals surface area contributed by atoms with Crippen molar-refractivity contribution in [3.8, 4) is 0 Å². The molecule has 0 unspecified atom stereocenters. The third-order valence-electron chi connectivity index (χ3n) is 2.78. The van der Waals surface area contributed by atoms with Crippen molar-refractivity contribution < 1.29 is 9.90 Å². The molecule has 2 rings (SSSR count). The van der Waals surface area contributed by atoms with Crippen molar-refractivity contribution in [2.24, 2.45) is 0 Å². The molecule has 0 radical (unpaired) electrons. The number of nitrogens with zero attached hydrogens (tertiary/aromatic N) is 2. The number of aliphatic hydroxyl groups excluding tert-OH is 1. The molecule has 0 spiro atoms. The molecule has 0 saturated carbocycles. The second kappa shape index (κ2) is 4.51. The SMILES string of the molecule is Cc1nc(C)c(C(=O)N2CCC[C@H](O)C2)s1. The Labute approximate surface area is 98.9 Å². The number of likely N-dealkylation sites (tertiary alicyclic amines) is 1. The highest BCUT2D eigenvalue weighted by molar-refractivity contribution is 7.13. The number of amides is 1. The average molecular weight is 240 g/mol. The van der Waals surface area contributed by atoms with E-state index in [4.69, 9.17) is 0 Å². The molecule has 0 bridgehead atoms. The summed E-state index contributed by atoms with van der Waals surface area (Å²) in [6.45, 7) is 4.96. The summed E-state index contributed by atoms with van der Waals surface area (Å²) >= 11 is 1.43.